The Labute approximate surface area is 174 Å². The van der Waals surface area contributed by atoms with Crippen LogP contribution in [-0.2, 0) is 14.3 Å². The first-order chi connectivity index (χ1) is 14.5. The molecule has 5 rings (SSSR count). The van der Waals surface area contributed by atoms with Gasteiger partial charge in [0.15, 0.2) is 12.2 Å². The van der Waals surface area contributed by atoms with E-state index in [9.17, 15) is 14.4 Å². The van der Waals surface area contributed by atoms with Crippen molar-refractivity contribution >= 4 is 17.7 Å². The fraction of sp³-hybridized carbons (Fsp3) is 0.375. The molecular formula is C24H23NO5. The Bertz CT molecular complexity index is 976. The van der Waals surface area contributed by atoms with Crippen LogP contribution in [0.1, 0.15) is 34.1 Å². The van der Waals surface area contributed by atoms with Gasteiger partial charge in [0.2, 0.25) is 0 Å². The molecule has 154 valence electrons. The molecule has 2 aromatic carbocycles. The summed E-state index contributed by atoms with van der Waals surface area (Å²) in [6.07, 6.45) is -0.572. The number of fused-ring (bicyclic) bond motifs is 5. The lowest BCUT2D eigenvalue weighted by molar-refractivity contribution is -0.126. The van der Waals surface area contributed by atoms with Crippen LogP contribution >= 0.6 is 0 Å². The predicted octanol–water partition coefficient (Wildman–Crippen LogP) is 2.63. The van der Waals surface area contributed by atoms with Crippen molar-refractivity contribution in [3.8, 4) is 0 Å². The van der Waals surface area contributed by atoms with Crippen molar-refractivity contribution in [2.75, 3.05) is 0 Å². The summed E-state index contributed by atoms with van der Waals surface area (Å²) in [7, 11) is 0. The standard InChI is InChI=1S/C24H23NO5/c1-13-12-16-17(20(13)26)19-22(30-24(28)15-10-6-3-7-11-15)21(18(16)25-19)29-23(27)14-8-4-2-5-9-14/h2-11,13,16-19,21-22,25H,12H2,1H3. The quantitative estimate of drug-likeness (QED) is 0.788. The lowest BCUT2D eigenvalue weighted by Crippen LogP contribution is -2.50. The smallest absolute Gasteiger partial charge is 0.338 e. The maximum atomic E-state index is 12.7. The zero-order chi connectivity index (χ0) is 20.8. The van der Waals surface area contributed by atoms with Crippen LogP contribution in [0.4, 0.5) is 0 Å². The van der Waals surface area contributed by atoms with E-state index in [1.165, 1.54) is 0 Å². The molecule has 2 heterocycles. The van der Waals surface area contributed by atoms with E-state index in [0.717, 1.165) is 6.42 Å². The van der Waals surface area contributed by atoms with Crippen molar-refractivity contribution in [3.63, 3.8) is 0 Å². The van der Waals surface area contributed by atoms with Gasteiger partial charge in [0.1, 0.15) is 5.78 Å². The Morgan fingerprint density at radius 3 is 1.87 bits per heavy atom. The highest BCUT2D eigenvalue weighted by molar-refractivity contribution is 5.91. The normalized spacial score (nSPS) is 33.9. The van der Waals surface area contributed by atoms with Gasteiger partial charge >= 0.3 is 11.9 Å². The summed E-state index contributed by atoms with van der Waals surface area (Å²) < 4.78 is 11.7. The Hall–Kier alpha value is -2.99. The second-order valence-corrected chi connectivity index (χ2v) is 8.42. The fourth-order valence-electron chi connectivity index (χ4n) is 5.33. The SMILES string of the molecule is CC1CC2C3NC(C(OC(=O)c4ccccc4)C3OC(=O)c3ccccc3)C2C1=O. The zero-order valence-electron chi connectivity index (χ0n) is 16.6. The minimum Gasteiger partial charge on any atom is -0.453 e. The van der Waals surface area contributed by atoms with Gasteiger partial charge in [-0.05, 0) is 36.6 Å². The number of esters is 2. The molecule has 7 atom stereocenters. The van der Waals surface area contributed by atoms with Gasteiger partial charge in [0.25, 0.3) is 0 Å². The molecular weight excluding hydrogens is 382 g/mol. The fourth-order valence-corrected chi connectivity index (χ4v) is 5.33. The summed E-state index contributed by atoms with van der Waals surface area (Å²) >= 11 is 0. The monoisotopic (exact) mass is 405 g/mol. The van der Waals surface area contributed by atoms with Crippen LogP contribution in [0.5, 0.6) is 0 Å². The molecule has 2 aromatic rings. The Kier molecular flexibility index (Phi) is 4.66. The van der Waals surface area contributed by atoms with Crippen molar-refractivity contribution in [2.24, 2.45) is 17.8 Å². The van der Waals surface area contributed by atoms with Gasteiger partial charge < -0.3 is 14.8 Å². The lowest BCUT2D eigenvalue weighted by Gasteiger charge is -2.34. The molecule has 0 radical (unpaired) electrons. The Morgan fingerprint density at radius 2 is 1.33 bits per heavy atom. The molecule has 2 aliphatic heterocycles. The number of ketones is 1. The average Bonchev–Trinajstić information content (AvgIpc) is 3.40. The van der Waals surface area contributed by atoms with E-state index >= 15 is 0 Å². The van der Waals surface area contributed by atoms with Crippen LogP contribution in [0.25, 0.3) is 0 Å². The topological polar surface area (TPSA) is 81.7 Å². The minimum absolute atomic E-state index is 0.0267. The van der Waals surface area contributed by atoms with E-state index in [1.54, 1.807) is 48.5 Å². The highest BCUT2D eigenvalue weighted by atomic mass is 16.6. The largest absolute Gasteiger partial charge is 0.453 e. The molecule has 1 N–H and O–H groups in total. The molecule has 2 bridgehead atoms. The summed E-state index contributed by atoms with van der Waals surface area (Å²) in [6.45, 7) is 1.94. The average molecular weight is 405 g/mol. The molecule has 6 nitrogen and oxygen atoms in total. The first kappa shape index (κ1) is 19.0. The lowest BCUT2D eigenvalue weighted by atomic mass is 9.78. The molecule has 7 unspecified atom stereocenters. The summed E-state index contributed by atoms with van der Waals surface area (Å²) in [5, 5.41) is 3.42. The first-order valence-corrected chi connectivity index (χ1v) is 10.4. The van der Waals surface area contributed by atoms with Crippen LogP contribution in [0.15, 0.2) is 60.7 Å². The van der Waals surface area contributed by atoms with Gasteiger partial charge in [0.05, 0.1) is 23.2 Å². The highest BCUT2D eigenvalue weighted by Gasteiger charge is 2.66. The second-order valence-electron chi connectivity index (χ2n) is 8.42. The number of hydrogen-bond donors (Lipinski definition) is 1. The van der Waals surface area contributed by atoms with E-state index in [-0.39, 0.29) is 35.6 Å². The Morgan fingerprint density at radius 1 is 0.833 bits per heavy atom. The van der Waals surface area contributed by atoms with Crippen molar-refractivity contribution in [1.82, 2.24) is 5.32 Å². The third-order valence-corrected chi connectivity index (χ3v) is 6.67. The number of nitrogens with one attached hydrogen (secondary N) is 1. The molecule has 3 aliphatic rings. The minimum atomic E-state index is -0.703. The molecule has 6 heteroatoms. The number of carbonyl (C=O) groups excluding carboxylic acids is 3. The second kappa shape index (κ2) is 7.36. The molecule has 0 spiro atoms. The van der Waals surface area contributed by atoms with Crippen LogP contribution in [0.3, 0.4) is 0 Å². The van der Waals surface area contributed by atoms with Crippen molar-refractivity contribution < 1.29 is 23.9 Å². The van der Waals surface area contributed by atoms with Gasteiger partial charge in [0, 0.05) is 11.8 Å². The van der Waals surface area contributed by atoms with E-state index in [2.05, 4.69) is 5.32 Å². The van der Waals surface area contributed by atoms with E-state index in [0.29, 0.717) is 11.1 Å². The van der Waals surface area contributed by atoms with E-state index in [4.69, 9.17) is 9.47 Å². The van der Waals surface area contributed by atoms with Gasteiger partial charge in [-0.25, -0.2) is 9.59 Å². The van der Waals surface area contributed by atoms with Crippen molar-refractivity contribution in [2.45, 2.75) is 37.6 Å². The molecule has 30 heavy (non-hydrogen) atoms. The molecule has 3 fully saturated rings. The third kappa shape index (κ3) is 3.03. The summed E-state index contributed by atoms with van der Waals surface area (Å²) in [5.74, 6) is -0.867. The molecule has 0 amide bonds. The maximum Gasteiger partial charge on any atom is 0.338 e. The van der Waals surface area contributed by atoms with Gasteiger partial charge in [-0.2, -0.15) is 0 Å². The van der Waals surface area contributed by atoms with E-state index in [1.807, 2.05) is 19.1 Å². The summed E-state index contributed by atoms with van der Waals surface area (Å²) in [4.78, 5) is 38.2. The highest BCUT2D eigenvalue weighted by Crippen LogP contribution is 2.50. The van der Waals surface area contributed by atoms with Crippen LogP contribution in [0, 0.1) is 17.8 Å². The molecule has 1 aliphatic carbocycles. The Balaban J connectivity index is 1.42. The van der Waals surface area contributed by atoms with Crippen LogP contribution in [-0.4, -0.2) is 42.0 Å². The van der Waals surface area contributed by atoms with Gasteiger partial charge in [-0.15, -0.1) is 0 Å². The number of hydrogen-bond acceptors (Lipinski definition) is 6. The summed E-state index contributed by atoms with van der Waals surface area (Å²) in [6, 6.07) is 16.9. The number of ether oxygens (including phenoxy) is 2. The van der Waals surface area contributed by atoms with Crippen molar-refractivity contribution in [1.29, 1.82) is 0 Å². The van der Waals surface area contributed by atoms with E-state index < -0.39 is 24.1 Å². The number of benzene rings is 2. The van der Waals surface area contributed by atoms with Crippen molar-refractivity contribution in [3.05, 3.63) is 71.8 Å². The molecule has 1 saturated carbocycles. The predicted molar refractivity (Wildman–Crippen MR) is 108 cm³/mol. The molecule has 2 saturated heterocycles. The van der Waals surface area contributed by atoms with Crippen LogP contribution < -0.4 is 5.32 Å². The third-order valence-electron chi connectivity index (χ3n) is 6.67. The number of carbonyl (C=O) groups is 3. The van der Waals surface area contributed by atoms with Gasteiger partial charge in [-0.1, -0.05) is 43.3 Å². The zero-order valence-corrected chi connectivity index (χ0v) is 16.6. The van der Waals surface area contributed by atoms with Crippen LogP contribution in [0.2, 0.25) is 0 Å². The molecule has 0 aromatic heterocycles. The maximum absolute atomic E-state index is 12.7. The first-order valence-electron chi connectivity index (χ1n) is 10.4. The number of Topliss-reactive ketones (excluding diaryl/α,β-unsaturated/α-hetero) is 1. The number of rotatable bonds is 4. The summed E-state index contributed by atoms with van der Waals surface area (Å²) in [5.41, 5.74) is 0.872. The van der Waals surface area contributed by atoms with Gasteiger partial charge in [-0.3, -0.25) is 4.79 Å².